The van der Waals surface area contributed by atoms with Crippen molar-refractivity contribution in [1.82, 2.24) is 29.0 Å². The van der Waals surface area contributed by atoms with Crippen molar-refractivity contribution in [3.63, 3.8) is 0 Å². The summed E-state index contributed by atoms with van der Waals surface area (Å²) in [5.41, 5.74) is 1.46. The summed E-state index contributed by atoms with van der Waals surface area (Å²) in [6, 6.07) is 7.10. The normalized spacial score (nSPS) is 17.8. The number of fused-ring (bicyclic) bond motifs is 3. The van der Waals surface area contributed by atoms with Gasteiger partial charge in [-0.15, -0.1) is 10.2 Å². The number of hydrogen-bond donors (Lipinski definition) is 1. The molecule has 2 aliphatic heterocycles. The van der Waals surface area contributed by atoms with Crippen LogP contribution >= 0.6 is 11.6 Å². The molecule has 0 atom stereocenters. The van der Waals surface area contributed by atoms with E-state index >= 15 is 0 Å². The summed E-state index contributed by atoms with van der Waals surface area (Å²) in [7, 11) is -4.41. The minimum absolute atomic E-state index is 0.00131. The van der Waals surface area contributed by atoms with Gasteiger partial charge < -0.3 is 4.90 Å². The first-order chi connectivity index (χ1) is 14.9. The minimum Gasteiger partial charge on any atom is -0.341 e. The lowest BCUT2D eigenvalue weighted by molar-refractivity contribution is 0.338. The van der Waals surface area contributed by atoms with E-state index in [0.717, 1.165) is 41.7 Å². The van der Waals surface area contributed by atoms with Crippen molar-refractivity contribution in [2.75, 3.05) is 18.0 Å². The molecule has 0 bridgehead atoms. The number of halogens is 1. The Balaban J connectivity index is 1.49. The van der Waals surface area contributed by atoms with Gasteiger partial charge in [-0.2, -0.15) is 12.7 Å². The number of rotatable bonds is 3. The lowest BCUT2D eigenvalue weighted by Gasteiger charge is -2.31. The highest BCUT2D eigenvalue weighted by Crippen LogP contribution is 2.34. The highest BCUT2D eigenvalue weighted by molar-refractivity contribution is 7.83. The topological polar surface area (TPSA) is 117 Å². The molecule has 3 aromatic rings. The Bertz CT molecular complexity index is 1210. The quantitative estimate of drug-likeness (QED) is 0.590. The fraction of sp³-hybridized carbons (Fsp3) is 0.368. The molecule has 31 heavy (non-hydrogen) atoms. The van der Waals surface area contributed by atoms with Gasteiger partial charge in [0.15, 0.2) is 5.82 Å². The Morgan fingerprint density at radius 1 is 1.06 bits per heavy atom. The van der Waals surface area contributed by atoms with Crippen LogP contribution in [0.2, 0.25) is 5.02 Å². The molecule has 0 spiro atoms. The second-order valence-corrected chi connectivity index (χ2v) is 9.49. The van der Waals surface area contributed by atoms with Crippen molar-refractivity contribution in [2.45, 2.75) is 31.8 Å². The fourth-order valence-corrected chi connectivity index (χ4v) is 4.99. The number of aromatic nitrogens is 5. The van der Waals surface area contributed by atoms with Crippen LogP contribution in [0.4, 0.5) is 5.95 Å². The predicted octanol–water partition coefficient (Wildman–Crippen LogP) is 2.21. The van der Waals surface area contributed by atoms with Crippen LogP contribution in [0, 0.1) is 0 Å². The zero-order chi connectivity index (χ0) is 21.6. The van der Waals surface area contributed by atoms with E-state index in [1.54, 1.807) is 30.6 Å². The van der Waals surface area contributed by atoms with E-state index in [-0.39, 0.29) is 19.0 Å². The van der Waals surface area contributed by atoms with Gasteiger partial charge in [0.25, 0.3) is 0 Å². The van der Waals surface area contributed by atoms with E-state index in [9.17, 15) is 13.0 Å². The summed E-state index contributed by atoms with van der Waals surface area (Å²) in [4.78, 5) is 10.8. The van der Waals surface area contributed by atoms with Crippen LogP contribution in [-0.2, 0) is 23.4 Å². The molecule has 2 aromatic heterocycles. The molecule has 12 heteroatoms. The summed E-state index contributed by atoms with van der Waals surface area (Å²) in [6.07, 6.45) is 5.13. The number of anilines is 1. The third-order valence-electron chi connectivity index (χ3n) is 5.72. The largest absolute Gasteiger partial charge is 0.341 e. The Hall–Kier alpha value is -2.60. The molecule has 0 unspecified atom stereocenters. The average Bonchev–Trinajstić information content (AvgIpc) is 3.09. The maximum atomic E-state index is 11.9. The van der Waals surface area contributed by atoms with Crippen LogP contribution in [0.15, 0.2) is 36.7 Å². The van der Waals surface area contributed by atoms with Gasteiger partial charge in [0, 0.05) is 43.0 Å². The van der Waals surface area contributed by atoms with Gasteiger partial charge in [-0.3, -0.25) is 9.12 Å². The second kappa shape index (κ2) is 7.83. The summed E-state index contributed by atoms with van der Waals surface area (Å²) >= 11 is 6.17. The number of hydrogen-bond acceptors (Lipinski definition) is 7. The van der Waals surface area contributed by atoms with Crippen molar-refractivity contribution in [3.8, 4) is 5.69 Å². The van der Waals surface area contributed by atoms with Gasteiger partial charge in [-0.25, -0.2) is 9.97 Å². The minimum atomic E-state index is -4.41. The first-order valence-electron chi connectivity index (χ1n) is 9.87. The molecule has 0 aliphatic carbocycles. The molecule has 1 aromatic carbocycles. The summed E-state index contributed by atoms with van der Waals surface area (Å²) in [5.74, 6) is 2.10. The molecule has 0 radical (unpaired) electrons. The zero-order valence-electron chi connectivity index (χ0n) is 16.5. The van der Waals surface area contributed by atoms with Gasteiger partial charge in [0.05, 0.1) is 12.2 Å². The molecule has 0 amide bonds. The van der Waals surface area contributed by atoms with Gasteiger partial charge in [0.1, 0.15) is 5.82 Å². The maximum absolute atomic E-state index is 11.9. The molecular formula is C19H20ClN7O3S. The summed E-state index contributed by atoms with van der Waals surface area (Å²) in [6.45, 7) is 1.49. The maximum Gasteiger partial charge on any atom is 0.336 e. The van der Waals surface area contributed by atoms with Crippen molar-refractivity contribution < 1.29 is 13.0 Å². The summed E-state index contributed by atoms with van der Waals surface area (Å²) < 4.78 is 36.3. The van der Waals surface area contributed by atoms with Crippen LogP contribution in [0.1, 0.15) is 36.0 Å². The Kier molecular flexibility index (Phi) is 5.13. The lowest BCUT2D eigenvalue weighted by Crippen LogP contribution is -2.34. The van der Waals surface area contributed by atoms with Crippen molar-refractivity contribution in [3.05, 3.63) is 58.9 Å². The molecule has 10 nitrogen and oxygen atoms in total. The van der Waals surface area contributed by atoms with E-state index in [0.29, 0.717) is 22.4 Å². The van der Waals surface area contributed by atoms with Crippen molar-refractivity contribution >= 4 is 27.9 Å². The predicted molar refractivity (Wildman–Crippen MR) is 113 cm³/mol. The van der Waals surface area contributed by atoms with E-state index < -0.39 is 10.3 Å². The van der Waals surface area contributed by atoms with Crippen LogP contribution in [0.25, 0.3) is 5.69 Å². The molecule has 1 N–H and O–H groups in total. The smallest absolute Gasteiger partial charge is 0.336 e. The van der Waals surface area contributed by atoms with E-state index in [2.05, 4.69) is 25.1 Å². The molecular weight excluding hydrogens is 442 g/mol. The van der Waals surface area contributed by atoms with Gasteiger partial charge in [-0.05, 0) is 42.7 Å². The molecule has 162 valence electrons. The van der Waals surface area contributed by atoms with Gasteiger partial charge >= 0.3 is 10.3 Å². The lowest BCUT2D eigenvalue weighted by atomic mass is 9.95. The number of piperidine rings is 1. The van der Waals surface area contributed by atoms with Crippen molar-refractivity contribution in [1.29, 1.82) is 0 Å². The molecule has 2 aliphatic rings. The summed E-state index contributed by atoms with van der Waals surface area (Å²) in [5, 5.41) is 9.19. The van der Waals surface area contributed by atoms with E-state index in [4.69, 9.17) is 11.6 Å². The van der Waals surface area contributed by atoms with Crippen LogP contribution in [0.3, 0.4) is 0 Å². The third kappa shape index (κ3) is 3.89. The Morgan fingerprint density at radius 3 is 2.52 bits per heavy atom. The van der Waals surface area contributed by atoms with Gasteiger partial charge in [-0.1, -0.05) is 11.6 Å². The molecule has 1 fully saturated rings. The van der Waals surface area contributed by atoms with Crippen LogP contribution in [-0.4, -0.2) is 55.1 Å². The Morgan fingerprint density at radius 2 is 1.81 bits per heavy atom. The first-order valence-corrected chi connectivity index (χ1v) is 11.6. The standard InChI is InChI=1S/C19H20ClN7O3S/c20-15-2-3-16-14(10-15)11-26(31(28,29)30)12-17-23-24-18(27(16)17)13-4-8-25(9-5-13)19-21-6-1-7-22-19/h1-3,6-7,10,13H,4-5,8-9,11-12H2,(H,28,29,30). The fourth-order valence-electron chi connectivity index (χ4n) is 4.22. The second-order valence-electron chi connectivity index (χ2n) is 7.64. The SMILES string of the molecule is O=S(=O)(O)N1Cc2cc(Cl)ccc2-n2c(nnc2C2CCN(c3ncccn3)CC2)C1. The molecule has 5 rings (SSSR count). The first kappa shape index (κ1) is 20.3. The Labute approximate surface area is 184 Å². The number of nitrogens with zero attached hydrogens (tertiary/aromatic N) is 7. The van der Waals surface area contributed by atoms with E-state index in [1.807, 2.05) is 10.6 Å². The zero-order valence-corrected chi connectivity index (χ0v) is 18.0. The highest BCUT2D eigenvalue weighted by Gasteiger charge is 2.33. The molecule has 1 saturated heterocycles. The molecule has 4 heterocycles. The highest BCUT2D eigenvalue weighted by atomic mass is 35.5. The van der Waals surface area contributed by atoms with Crippen molar-refractivity contribution in [2.24, 2.45) is 0 Å². The monoisotopic (exact) mass is 461 g/mol. The van der Waals surface area contributed by atoms with Crippen LogP contribution in [0.5, 0.6) is 0 Å². The third-order valence-corrected chi connectivity index (χ3v) is 6.87. The van der Waals surface area contributed by atoms with E-state index in [1.165, 1.54) is 0 Å². The van der Waals surface area contributed by atoms with Crippen LogP contribution < -0.4 is 4.90 Å². The molecule has 0 saturated carbocycles. The van der Waals surface area contributed by atoms with Gasteiger partial charge in [0.2, 0.25) is 5.95 Å². The number of benzene rings is 1. The average molecular weight is 462 g/mol.